The maximum absolute atomic E-state index is 12.8. The molecule has 1 atom stereocenters. The molecule has 1 aliphatic rings. The fourth-order valence-electron chi connectivity index (χ4n) is 3.65. The Bertz CT molecular complexity index is 1140. The molecule has 3 aromatic rings. The number of aryl methyl sites for hydroxylation is 4. The van der Waals surface area contributed by atoms with Crippen molar-refractivity contribution in [3.63, 3.8) is 0 Å². The van der Waals surface area contributed by atoms with Gasteiger partial charge >= 0.3 is 0 Å². The molecule has 0 saturated carbocycles. The summed E-state index contributed by atoms with van der Waals surface area (Å²) in [6.45, 7) is 8.24. The minimum Gasteiger partial charge on any atom is -0.312 e. The molecule has 0 unspecified atom stereocenters. The largest absolute Gasteiger partial charge is 0.312 e. The van der Waals surface area contributed by atoms with Crippen molar-refractivity contribution in [3.8, 4) is 5.82 Å². The van der Waals surface area contributed by atoms with Gasteiger partial charge in [0.05, 0.1) is 11.6 Å². The second-order valence-electron chi connectivity index (χ2n) is 7.76. The first-order valence-corrected chi connectivity index (χ1v) is 9.86. The standard InChI is InChI=1S/C22H24N6O2/c1-13-5-6-18(7-14(13)2)27-11-17(9-21(27)29)22(30)25-19-10-20(24-12-23-19)28-16(4)8-15(3)26-28/h5-8,10,12,17H,9,11H2,1-4H3,(H,23,24,25,30)/t17-/m0/s1. The molecule has 0 spiro atoms. The first-order valence-electron chi connectivity index (χ1n) is 9.86. The van der Waals surface area contributed by atoms with Gasteiger partial charge in [0, 0.05) is 30.4 Å². The fraction of sp³-hybridized carbons (Fsp3) is 0.318. The van der Waals surface area contributed by atoms with Crippen molar-refractivity contribution in [2.24, 2.45) is 5.92 Å². The SMILES string of the molecule is Cc1cc(C)n(-c2cc(NC(=O)[C@H]3CC(=O)N(c4ccc(C)c(C)c4)C3)ncn2)n1. The van der Waals surface area contributed by atoms with Crippen LogP contribution in [0, 0.1) is 33.6 Å². The zero-order valence-corrected chi connectivity index (χ0v) is 17.5. The van der Waals surface area contributed by atoms with Gasteiger partial charge in [-0.1, -0.05) is 6.07 Å². The van der Waals surface area contributed by atoms with Gasteiger partial charge in [-0.25, -0.2) is 14.6 Å². The Morgan fingerprint density at radius 1 is 1.07 bits per heavy atom. The van der Waals surface area contributed by atoms with Crippen LogP contribution in [0.3, 0.4) is 0 Å². The Balaban J connectivity index is 1.48. The molecule has 2 aromatic heterocycles. The van der Waals surface area contributed by atoms with Crippen LogP contribution in [0.5, 0.6) is 0 Å². The van der Waals surface area contributed by atoms with Crippen LogP contribution >= 0.6 is 0 Å². The molecule has 1 aromatic carbocycles. The second kappa shape index (κ2) is 7.70. The van der Waals surface area contributed by atoms with Gasteiger partial charge in [-0.3, -0.25) is 9.59 Å². The third kappa shape index (κ3) is 3.80. The van der Waals surface area contributed by atoms with E-state index >= 15 is 0 Å². The predicted octanol–water partition coefficient (Wildman–Crippen LogP) is 2.89. The van der Waals surface area contributed by atoms with Crippen molar-refractivity contribution in [2.45, 2.75) is 34.1 Å². The van der Waals surface area contributed by atoms with E-state index in [-0.39, 0.29) is 18.2 Å². The van der Waals surface area contributed by atoms with Gasteiger partial charge in [0.15, 0.2) is 5.82 Å². The van der Waals surface area contributed by atoms with E-state index in [1.807, 2.05) is 52.0 Å². The molecule has 30 heavy (non-hydrogen) atoms. The average Bonchev–Trinajstić information content (AvgIpc) is 3.26. The summed E-state index contributed by atoms with van der Waals surface area (Å²) < 4.78 is 1.70. The lowest BCUT2D eigenvalue weighted by molar-refractivity contribution is -0.122. The number of carbonyl (C=O) groups excluding carboxylic acids is 2. The van der Waals surface area contributed by atoms with Gasteiger partial charge in [0.25, 0.3) is 0 Å². The van der Waals surface area contributed by atoms with Crippen LogP contribution < -0.4 is 10.2 Å². The van der Waals surface area contributed by atoms with Crippen LogP contribution in [0.15, 0.2) is 36.7 Å². The van der Waals surface area contributed by atoms with Crippen molar-refractivity contribution < 1.29 is 9.59 Å². The van der Waals surface area contributed by atoms with Gasteiger partial charge in [0.2, 0.25) is 11.8 Å². The number of carbonyl (C=O) groups is 2. The van der Waals surface area contributed by atoms with E-state index in [1.54, 1.807) is 15.6 Å². The van der Waals surface area contributed by atoms with Gasteiger partial charge < -0.3 is 10.2 Å². The highest BCUT2D eigenvalue weighted by Crippen LogP contribution is 2.27. The number of anilines is 2. The number of amides is 2. The summed E-state index contributed by atoms with van der Waals surface area (Å²) in [5.41, 5.74) is 4.93. The quantitative estimate of drug-likeness (QED) is 0.722. The summed E-state index contributed by atoms with van der Waals surface area (Å²) >= 11 is 0. The van der Waals surface area contributed by atoms with Crippen LogP contribution in [-0.2, 0) is 9.59 Å². The molecular formula is C22H24N6O2. The third-order valence-corrected chi connectivity index (χ3v) is 5.43. The van der Waals surface area contributed by atoms with Gasteiger partial charge in [-0.05, 0) is 57.0 Å². The monoisotopic (exact) mass is 404 g/mol. The highest BCUT2D eigenvalue weighted by molar-refractivity contribution is 6.03. The number of nitrogens with zero attached hydrogens (tertiary/aromatic N) is 5. The molecule has 154 valence electrons. The third-order valence-electron chi connectivity index (χ3n) is 5.43. The van der Waals surface area contributed by atoms with Gasteiger partial charge in [0.1, 0.15) is 12.1 Å². The summed E-state index contributed by atoms with van der Waals surface area (Å²) in [4.78, 5) is 35.4. The van der Waals surface area contributed by atoms with E-state index in [0.717, 1.165) is 22.6 Å². The van der Waals surface area contributed by atoms with E-state index in [2.05, 4.69) is 20.4 Å². The minimum absolute atomic E-state index is 0.0515. The Hall–Kier alpha value is -3.55. The molecule has 8 nitrogen and oxygen atoms in total. The fourth-order valence-corrected chi connectivity index (χ4v) is 3.65. The number of benzene rings is 1. The Kier molecular flexibility index (Phi) is 5.07. The topological polar surface area (TPSA) is 93.0 Å². The number of rotatable bonds is 4. The maximum Gasteiger partial charge on any atom is 0.230 e. The lowest BCUT2D eigenvalue weighted by Gasteiger charge is -2.18. The van der Waals surface area contributed by atoms with Crippen LogP contribution in [0.2, 0.25) is 0 Å². The highest BCUT2D eigenvalue weighted by Gasteiger charge is 2.35. The first-order chi connectivity index (χ1) is 14.3. The minimum atomic E-state index is -0.439. The molecule has 1 saturated heterocycles. The molecule has 2 amide bonds. The Labute approximate surface area is 175 Å². The summed E-state index contributed by atoms with van der Waals surface area (Å²) in [5.74, 6) is 0.239. The van der Waals surface area contributed by atoms with E-state index in [0.29, 0.717) is 18.2 Å². The van der Waals surface area contributed by atoms with E-state index < -0.39 is 5.92 Å². The number of hydrogen-bond acceptors (Lipinski definition) is 5. The zero-order valence-electron chi connectivity index (χ0n) is 17.5. The van der Waals surface area contributed by atoms with Crippen molar-refractivity contribution >= 4 is 23.3 Å². The van der Waals surface area contributed by atoms with E-state index in [4.69, 9.17) is 0 Å². The lowest BCUT2D eigenvalue weighted by atomic mass is 10.1. The molecule has 1 aliphatic heterocycles. The second-order valence-corrected chi connectivity index (χ2v) is 7.76. The van der Waals surface area contributed by atoms with Crippen molar-refractivity contribution in [1.82, 2.24) is 19.7 Å². The molecule has 3 heterocycles. The van der Waals surface area contributed by atoms with Crippen LogP contribution in [0.4, 0.5) is 11.5 Å². The normalized spacial score (nSPS) is 16.2. The van der Waals surface area contributed by atoms with E-state index in [1.165, 1.54) is 11.9 Å². The zero-order chi connectivity index (χ0) is 21.4. The van der Waals surface area contributed by atoms with Crippen LogP contribution in [-0.4, -0.2) is 38.1 Å². The average molecular weight is 404 g/mol. The number of aromatic nitrogens is 4. The summed E-state index contributed by atoms with van der Waals surface area (Å²) in [6.07, 6.45) is 1.57. The van der Waals surface area contributed by atoms with Gasteiger partial charge in [-0.2, -0.15) is 5.10 Å². The highest BCUT2D eigenvalue weighted by atomic mass is 16.2. The Morgan fingerprint density at radius 2 is 1.87 bits per heavy atom. The van der Waals surface area contributed by atoms with Crippen molar-refractivity contribution in [2.75, 3.05) is 16.8 Å². The van der Waals surface area contributed by atoms with Crippen LogP contribution in [0.1, 0.15) is 28.9 Å². The van der Waals surface area contributed by atoms with E-state index in [9.17, 15) is 9.59 Å². The molecular weight excluding hydrogens is 380 g/mol. The summed E-state index contributed by atoms with van der Waals surface area (Å²) in [6, 6.07) is 9.53. The molecule has 0 bridgehead atoms. The lowest BCUT2D eigenvalue weighted by Crippen LogP contribution is -2.28. The number of nitrogens with one attached hydrogen (secondary N) is 1. The molecule has 4 rings (SSSR count). The maximum atomic E-state index is 12.8. The van der Waals surface area contributed by atoms with Crippen molar-refractivity contribution in [3.05, 3.63) is 59.2 Å². The first kappa shape index (κ1) is 19.8. The molecule has 0 aliphatic carbocycles. The Morgan fingerprint density at radius 3 is 2.57 bits per heavy atom. The molecule has 0 radical (unpaired) electrons. The van der Waals surface area contributed by atoms with Crippen LogP contribution in [0.25, 0.3) is 5.82 Å². The van der Waals surface area contributed by atoms with Gasteiger partial charge in [-0.15, -0.1) is 0 Å². The number of hydrogen-bond donors (Lipinski definition) is 1. The molecule has 1 fully saturated rings. The molecule has 8 heteroatoms. The smallest absolute Gasteiger partial charge is 0.230 e. The van der Waals surface area contributed by atoms with Crippen molar-refractivity contribution in [1.29, 1.82) is 0 Å². The summed E-state index contributed by atoms with van der Waals surface area (Å²) in [7, 11) is 0. The molecule has 1 N–H and O–H groups in total. The summed E-state index contributed by atoms with van der Waals surface area (Å²) in [5, 5.41) is 7.23. The predicted molar refractivity (Wildman–Crippen MR) is 114 cm³/mol.